The zero-order chi connectivity index (χ0) is 14.6. The van der Waals surface area contributed by atoms with Gasteiger partial charge in [-0.2, -0.15) is 16.1 Å². The molecule has 112 valence electrons. The van der Waals surface area contributed by atoms with Gasteiger partial charge in [0.25, 0.3) is 0 Å². The minimum absolute atomic E-state index is 0.00742. The van der Waals surface area contributed by atoms with Gasteiger partial charge in [0, 0.05) is 35.7 Å². The van der Waals surface area contributed by atoms with Gasteiger partial charge in [-0.05, 0) is 36.6 Å². The first kappa shape index (κ1) is 13.6. The number of fused-ring (bicyclic) bond motifs is 3. The molecule has 3 heterocycles. The molecule has 2 saturated heterocycles. The van der Waals surface area contributed by atoms with Crippen LogP contribution in [0.25, 0.3) is 0 Å². The van der Waals surface area contributed by atoms with Crippen LogP contribution >= 0.6 is 11.8 Å². The molecule has 3 aliphatic rings. The van der Waals surface area contributed by atoms with Crippen molar-refractivity contribution < 1.29 is 13.2 Å². The second-order valence-corrected chi connectivity index (χ2v) is 9.01. The van der Waals surface area contributed by atoms with Crippen molar-refractivity contribution in [3.05, 3.63) is 23.8 Å². The van der Waals surface area contributed by atoms with Gasteiger partial charge in [-0.3, -0.25) is 4.79 Å². The van der Waals surface area contributed by atoms with Crippen molar-refractivity contribution in [2.45, 2.75) is 35.4 Å². The highest BCUT2D eigenvalue weighted by Gasteiger charge is 2.45. The molecule has 4 rings (SSSR count). The molecule has 7 heteroatoms. The van der Waals surface area contributed by atoms with E-state index in [0.717, 1.165) is 23.4 Å². The number of aryl methyl sites for hydroxylation is 1. The van der Waals surface area contributed by atoms with Crippen LogP contribution in [0.15, 0.2) is 23.1 Å². The number of nitrogens with zero attached hydrogens (tertiary/aromatic N) is 1. The van der Waals surface area contributed by atoms with E-state index in [0.29, 0.717) is 29.5 Å². The molecule has 1 aromatic rings. The maximum absolute atomic E-state index is 12.8. The van der Waals surface area contributed by atoms with Crippen molar-refractivity contribution in [2.24, 2.45) is 0 Å². The van der Waals surface area contributed by atoms with E-state index >= 15 is 0 Å². The molecule has 0 aliphatic carbocycles. The Hall–Kier alpha value is -1.05. The Bertz CT molecular complexity index is 717. The first-order chi connectivity index (χ1) is 10.0. The quantitative estimate of drug-likeness (QED) is 0.894. The molecule has 5 nitrogen and oxygen atoms in total. The number of nitrogens with one attached hydrogen (secondary N) is 1. The number of rotatable bonds is 2. The predicted octanol–water partition coefficient (Wildman–Crippen LogP) is 1.45. The van der Waals surface area contributed by atoms with Crippen molar-refractivity contribution in [2.75, 3.05) is 17.6 Å². The molecule has 1 amide bonds. The van der Waals surface area contributed by atoms with Gasteiger partial charge in [0.1, 0.15) is 0 Å². The number of anilines is 1. The molecule has 3 aliphatic heterocycles. The van der Waals surface area contributed by atoms with E-state index in [1.165, 1.54) is 0 Å². The number of sulfonamides is 1. The number of hydrogen-bond acceptors (Lipinski definition) is 4. The minimum Gasteiger partial charge on any atom is -0.326 e. The van der Waals surface area contributed by atoms with Gasteiger partial charge in [0.05, 0.1) is 4.90 Å². The van der Waals surface area contributed by atoms with E-state index in [9.17, 15) is 13.2 Å². The van der Waals surface area contributed by atoms with E-state index in [4.69, 9.17) is 0 Å². The number of thioether (sulfide) groups is 1. The Morgan fingerprint density at radius 3 is 2.86 bits per heavy atom. The van der Waals surface area contributed by atoms with Gasteiger partial charge in [-0.1, -0.05) is 0 Å². The number of benzene rings is 1. The Balaban J connectivity index is 1.68. The summed E-state index contributed by atoms with van der Waals surface area (Å²) in [7, 11) is -3.41. The zero-order valence-corrected chi connectivity index (χ0v) is 13.0. The van der Waals surface area contributed by atoms with Gasteiger partial charge in [-0.15, -0.1) is 0 Å². The molecular formula is C14H16N2O3S2. The fourth-order valence-electron chi connectivity index (χ4n) is 3.31. The predicted molar refractivity (Wildman–Crippen MR) is 81.9 cm³/mol. The van der Waals surface area contributed by atoms with Gasteiger partial charge >= 0.3 is 0 Å². The Labute approximate surface area is 128 Å². The smallest absolute Gasteiger partial charge is 0.243 e. The first-order valence-corrected chi connectivity index (χ1v) is 9.59. The van der Waals surface area contributed by atoms with Crippen LogP contribution in [0.1, 0.15) is 18.4 Å². The van der Waals surface area contributed by atoms with Crippen LogP contribution in [0.4, 0.5) is 5.69 Å². The molecule has 0 saturated carbocycles. The van der Waals surface area contributed by atoms with Crippen LogP contribution in [-0.4, -0.2) is 42.2 Å². The van der Waals surface area contributed by atoms with Gasteiger partial charge < -0.3 is 5.32 Å². The fourth-order valence-corrected chi connectivity index (χ4v) is 6.67. The summed E-state index contributed by atoms with van der Waals surface area (Å²) in [4.78, 5) is 11.7. The van der Waals surface area contributed by atoms with E-state index in [1.54, 1.807) is 22.5 Å². The highest BCUT2D eigenvalue weighted by molar-refractivity contribution is 8.00. The number of carbonyl (C=O) groups is 1. The van der Waals surface area contributed by atoms with Crippen molar-refractivity contribution in [1.82, 2.24) is 4.31 Å². The zero-order valence-electron chi connectivity index (χ0n) is 11.4. The third-order valence-corrected chi connectivity index (χ3v) is 7.73. The summed E-state index contributed by atoms with van der Waals surface area (Å²) in [6, 6.07) is 5.20. The SMILES string of the molecule is O=C1CCc2cc(S(=O)(=O)N3C[C@H]4C[C@H]3CS4)ccc2N1. The highest BCUT2D eigenvalue weighted by Crippen LogP contribution is 2.40. The third-order valence-electron chi connectivity index (χ3n) is 4.43. The van der Waals surface area contributed by atoms with Crippen molar-refractivity contribution in [3.8, 4) is 0 Å². The lowest BCUT2D eigenvalue weighted by Crippen LogP contribution is -2.39. The van der Waals surface area contributed by atoms with Crippen molar-refractivity contribution in [1.29, 1.82) is 0 Å². The molecule has 0 radical (unpaired) electrons. The topological polar surface area (TPSA) is 66.5 Å². The summed E-state index contributed by atoms with van der Waals surface area (Å²) in [6.45, 7) is 0.630. The standard InChI is InChI=1S/C14H16N2O3S2/c17-14-4-1-9-5-12(2-3-13(9)15-14)21(18,19)16-7-11-6-10(16)8-20-11/h2-3,5,10-11H,1,4,6-8H2,(H,15,17)/t10-,11+/m0/s1. The number of amides is 1. The molecule has 0 spiro atoms. The van der Waals surface area contributed by atoms with E-state index in [2.05, 4.69) is 5.32 Å². The monoisotopic (exact) mass is 324 g/mol. The van der Waals surface area contributed by atoms with Crippen LogP contribution in [0.5, 0.6) is 0 Å². The summed E-state index contributed by atoms with van der Waals surface area (Å²) in [5.74, 6) is 0.900. The van der Waals surface area contributed by atoms with E-state index in [-0.39, 0.29) is 11.9 Å². The van der Waals surface area contributed by atoms with Crippen molar-refractivity contribution >= 4 is 33.4 Å². The van der Waals surface area contributed by atoms with E-state index in [1.807, 2.05) is 11.8 Å². The van der Waals surface area contributed by atoms with Crippen LogP contribution in [0.2, 0.25) is 0 Å². The van der Waals surface area contributed by atoms with Crippen LogP contribution < -0.4 is 5.32 Å². The maximum atomic E-state index is 12.8. The Morgan fingerprint density at radius 2 is 2.14 bits per heavy atom. The molecule has 0 unspecified atom stereocenters. The highest BCUT2D eigenvalue weighted by atomic mass is 32.2. The Kier molecular flexibility index (Phi) is 3.06. The van der Waals surface area contributed by atoms with Gasteiger partial charge in [0.15, 0.2) is 0 Å². The van der Waals surface area contributed by atoms with Gasteiger partial charge in [-0.25, -0.2) is 8.42 Å². The number of carbonyl (C=O) groups excluding carboxylic acids is 1. The fraction of sp³-hybridized carbons (Fsp3) is 0.500. The lowest BCUT2D eigenvalue weighted by molar-refractivity contribution is -0.116. The summed E-state index contributed by atoms with van der Waals surface area (Å²) in [5, 5.41) is 3.24. The lowest BCUT2D eigenvalue weighted by atomic mass is 10.0. The van der Waals surface area contributed by atoms with Crippen molar-refractivity contribution in [3.63, 3.8) is 0 Å². The van der Waals surface area contributed by atoms with Gasteiger partial charge in [0.2, 0.25) is 15.9 Å². The van der Waals surface area contributed by atoms with Crippen LogP contribution in [0.3, 0.4) is 0 Å². The summed E-state index contributed by atoms with van der Waals surface area (Å²) in [5.41, 5.74) is 1.65. The molecule has 21 heavy (non-hydrogen) atoms. The average molecular weight is 324 g/mol. The molecule has 2 bridgehead atoms. The average Bonchev–Trinajstić information content (AvgIpc) is 3.09. The summed E-state index contributed by atoms with van der Waals surface area (Å²) < 4.78 is 27.3. The maximum Gasteiger partial charge on any atom is 0.243 e. The normalized spacial score (nSPS) is 28.5. The lowest BCUT2D eigenvalue weighted by Gasteiger charge is -2.26. The molecule has 2 fully saturated rings. The summed E-state index contributed by atoms with van der Waals surface area (Å²) >= 11 is 1.88. The van der Waals surface area contributed by atoms with E-state index < -0.39 is 10.0 Å². The minimum atomic E-state index is -3.41. The number of hydrogen-bond donors (Lipinski definition) is 1. The van der Waals surface area contributed by atoms with Crippen LogP contribution in [0, 0.1) is 0 Å². The van der Waals surface area contributed by atoms with Crippen LogP contribution in [-0.2, 0) is 21.2 Å². The molecule has 1 N–H and O–H groups in total. The Morgan fingerprint density at radius 1 is 1.29 bits per heavy atom. The second kappa shape index (κ2) is 4.72. The molecular weight excluding hydrogens is 308 g/mol. The third kappa shape index (κ3) is 2.18. The molecule has 2 atom stereocenters. The molecule has 1 aromatic carbocycles. The largest absolute Gasteiger partial charge is 0.326 e. The second-order valence-electron chi connectivity index (χ2n) is 5.79. The molecule has 0 aromatic heterocycles. The summed E-state index contributed by atoms with van der Waals surface area (Å²) in [6.07, 6.45) is 2.00. The first-order valence-electron chi connectivity index (χ1n) is 7.10.